The Bertz CT molecular complexity index is 362. The van der Waals surface area contributed by atoms with E-state index in [1.165, 1.54) is 18.2 Å². The Kier molecular flexibility index (Phi) is 3.17. The summed E-state index contributed by atoms with van der Waals surface area (Å²) >= 11 is 0. The molecule has 0 unspecified atom stereocenters. The number of nitro groups is 1. The van der Waals surface area contributed by atoms with E-state index in [4.69, 9.17) is 4.74 Å². The Morgan fingerprint density at radius 3 is 2.79 bits per heavy atom. The quantitative estimate of drug-likeness (QED) is 0.417. The fourth-order valence-electron chi connectivity index (χ4n) is 1.03. The third-order valence-electron chi connectivity index (χ3n) is 1.62. The third kappa shape index (κ3) is 2.07. The van der Waals surface area contributed by atoms with E-state index in [2.05, 4.69) is 0 Å². The average molecular weight is 195 g/mol. The molecule has 0 aliphatic heterocycles. The molecular formula is C9H9NO4. The van der Waals surface area contributed by atoms with Gasteiger partial charge < -0.3 is 4.74 Å². The van der Waals surface area contributed by atoms with Crippen molar-refractivity contribution in [3.05, 3.63) is 33.9 Å². The van der Waals surface area contributed by atoms with E-state index in [0.717, 1.165) is 0 Å². The maximum atomic E-state index is 10.6. The van der Waals surface area contributed by atoms with Gasteiger partial charge in [-0.1, -0.05) is 0 Å². The molecule has 0 atom stereocenters. The lowest BCUT2D eigenvalue weighted by molar-refractivity contribution is -0.385. The van der Waals surface area contributed by atoms with Crippen molar-refractivity contribution in [3.8, 4) is 5.75 Å². The summed E-state index contributed by atoms with van der Waals surface area (Å²) in [6, 6.07) is 4.09. The van der Waals surface area contributed by atoms with Crippen LogP contribution in [0.1, 0.15) is 17.3 Å². The molecule has 0 saturated carbocycles. The van der Waals surface area contributed by atoms with Crippen molar-refractivity contribution in [1.82, 2.24) is 0 Å². The van der Waals surface area contributed by atoms with E-state index in [0.29, 0.717) is 12.9 Å². The standard InChI is InChI=1S/C9H9NO4/c1-2-14-9-4-3-7(6-11)5-8(9)10(12)13/h3-6H,2H2,1H3. The van der Waals surface area contributed by atoms with E-state index in [1.807, 2.05) is 0 Å². The summed E-state index contributed by atoms with van der Waals surface area (Å²) in [5.41, 5.74) is 0.0802. The molecule has 1 aromatic carbocycles. The Morgan fingerprint density at radius 2 is 2.29 bits per heavy atom. The lowest BCUT2D eigenvalue weighted by Crippen LogP contribution is -1.98. The molecule has 0 spiro atoms. The van der Waals surface area contributed by atoms with Gasteiger partial charge in [0.05, 0.1) is 11.5 Å². The highest BCUT2D eigenvalue weighted by atomic mass is 16.6. The predicted molar refractivity (Wildman–Crippen MR) is 49.7 cm³/mol. The van der Waals surface area contributed by atoms with Crippen molar-refractivity contribution in [1.29, 1.82) is 0 Å². The molecule has 1 aromatic rings. The number of carbonyl (C=O) groups excluding carboxylic acids is 1. The maximum Gasteiger partial charge on any atom is 0.311 e. The monoisotopic (exact) mass is 195 g/mol. The zero-order chi connectivity index (χ0) is 10.6. The molecule has 0 N–H and O–H groups in total. The number of nitrogens with zero attached hydrogens (tertiary/aromatic N) is 1. The molecule has 1 rings (SSSR count). The Morgan fingerprint density at radius 1 is 1.57 bits per heavy atom. The van der Waals surface area contributed by atoms with Crippen LogP contribution in [-0.4, -0.2) is 17.8 Å². The first-order chi connectivity index (χ1) is 6.69. The van der Waals surface area contributed by atoms with Crippen LogP contribution >= 0.6 is 0 Å². The van der Waals surface area contributed by atoms with Crippen molar-refractivity contribution in [2.75, 3.05) is 6.61 Å². The van der Waals surface area contributed by atoms with Crippen LogP contribution in [0.4, 0.5) is 5.69 Å². The molecule has 5 nitrogen and oxygen atoms in total. The molecule has 0 aromatic heterocycles. The Labute approximate surface area is 80.5 Å². The Hall–Kier alpha value is -1.91. The number of aldehydes is 1. The number of nitro benzene ring substituents is 1. The van der Waals surface area contributed by atoms with Crippen LogP contribution in [0.2, 0.25) is 0 Å². The zero-order valence-corrected chi connectivity index (χ0v) is 7.60. The summed E-state index contributed by atoms with van der Waals surface area (Å²) in [6.45, 7) is 2.08. The highest BCUT2D eigenvalue weighted by molar-refractivity contribution is 5.77. The van der Waals surface area contributed by atoms with E-state index < -0.39 is 4.92 Å². The summed E-state index contributed by atoms with van der Waals surface area (Å²) in [6.07, 6.45) is 0.558. The van der Waals surface area contributed by atoms with Gasteiger partial charge in [-0.05, 0) is 19.1 Å². The van der Waals surface area contributed by atoms with E-state index in [9.17, 15) is 14.9 Å². The average Bonchev–Trinajstić information content (AvgIpc) is 2.18. The van der Waals surface area contributed by atoms with Crippen molar-refractivity contribution in [2.45, 2.75) is 6.92 Å². The summed E-state index contributed by atoms with van der Waals surface area (Å²) in [5, 5.41) is 10.6. The first kappa shape index (κ1) is 10.2. The third-order valence-corrected chi connectivity index (χ3v) is 1.62. The molecule has 74 valence electrons. The van der Waals surface area contributed by atoms with Crippen LogP contribution in [0.3, 0.4) is 0 Å². The molecular weight excluding hydrogens is 186 g/mol. The molecule has 0 amide bonds. The summed E-state index contributed by atoms with van der Waals surface area (Å²) in [4.78, 5) is 20.4. The summed E-state index contributed by atoms with van der Waals surface area (Å²) in [7, 11) is 0. The predicted octanol–water partition coefficient (Wildman–Crippen LogP) is 1.81. The van der Waals surface area contributed by atoms with Crippen LogP contribution in [0, 0.1) is 10.1 Å². The van der Waals surface area contributed by atoms with Crippen molar-refractivity contribution in [3.63, 3.8) is 0 Å². The van der Waals surface area contributed by atoms with Gasteiger partial charge in [-0.3, -0.25) is 14.9 Å². The van der Waals surface area contributed by atoms with Gasteiger partial charge in [0.2, 0.25) is 0 Å². The van der Waals surface area contributed by atoms with Gasteiger partial charge in [-0.25, -0.2) is 0 Å². The van der Waals surface area contributed by atoms with Gasteiger partial charge in [0, 0.05) is 11.6 Å². The minimum absolute atomic E-state index is 0.183. The number of ether oxygens (including phenoxy) is 1. The van der Waals surface area contributed by atoms with Crippen LogP contribution in [0.25, 0.3) is 0 Å². The first-order valence-corrected chi connectivity index (χ1v) is 4.05. The minimum Gasteiger partial charge on any atom is -0.487 e. The second kappa shape index (κ2) is 4.36. The highest BCUT2D eigenvalue weighted by Gasteiger charge is 2.15. The van der Waals surface area contributed by atoms with E-state index in [1.54, 1.807) is 6.92 Å². The van der Waals surface area contributed by atoms with Gasteiger partial charge in [0.1, 0.15) is 6.29 Å². The van der Waals surface area contributed by atoms with Crippen LogP contribution in [0.15, 0.2) is 18.2 Å². The lowest BCUT2D eigenvalue weighted by Gasteiger charge is -2.03. The van der Waals surface area contributed by atoms with Crippen molar-refractivity contribution >= 4 is 12.0 Å². The largest absolute Gasteiger partial charge is 0.487 e. The minimum atomic E-state index is -0.571. The van der Waals surface area contributed by atoms with E-state index >= 15 is 0 Å². The van der Waals surface area contributed by atoms with Crippen LogP contribution < -0.4 is 4.74 Å². The number of rotatable bonds is 4. The molecule has 14 heavy (non-hydrogen) atoms. The van der Waals surface area contributed by atoms with Gasteiger partial charge in [-0.15, -0.1) is 0 Å². The summed E-state index contributed by atoms with van der Waals surface area (Å²) in [5.74, 6) is 0.183. The summed E-state index contributed by atoms with van der Waals surface area (Å²) < 4.78 is 5.04. The first-order valence-electron chi connectivity index (χ1n) is 4.05. The smallest absolute Gasteiger partial charge is 0.311 e. The number of benzene rings is 1. The molecule has 0 bridgehead atoms. The van der Waals surface area contributed by atoms with E-state index in [-0.39, 0.29) is 17.0 Å². The van der Waals surface area contributed by atoms with Crippen molar-refractivity contribution in [2.24, 2.45) is 0 Å². The normalized spacial score (nSPS) is 9.50. The topological polar surface area (TPSA) is 69.4 Å². The van der Waals surface area contributed by atoms with Crippen LogP contribution in [0.5, 0.6) is 5.75 Å². The SMILES string of the molecule is CCOc1ccc(C=O)cc1[N+](=O)[O-]. The number of carbonyl (C=O) groups is 1. The van der Waals surface area contributed by atoms with Crippen LogP contribution in [-0.2, 0) is 0 Å². The molecule has 0 radical (unpaired) electrons. The number of hydrogen-bond acceptors (Lipinski definition) is 4. The maximum absolute atomic E-state index is 10.6. The molecule has 5 heteroatoms. The second-order valence-electron chi connectivity index (χ2n) is 2.54. The Balaban J connectivity index is 3.16. The lowest BCUT2D eigenvalue weighted by atomic mass is 10.2. The van der Waals surface area contributed by atoms with Gasteiger partial charge in [0.15, 0.2) is 5.75 Å². The fourth-order valence-corrected chi connectivity index (χ4v) is 1.03. The molecule has 0 aliphatic rings. The zero-order valence-electron chi connectivity index (χ0n) is 7.60. The molecule has 0 saturated heterocycles. The molecule has 0 aliphatic carbocycles. The van der Waals surface area contributed by atoms with Crippen molar-refractivity contribution < 1.29 is 14.5 Å². The number of hydrogen-bond donors (Lipinski definition) is 0. The van der Waals surface area contributed by atoms with Gasteiger partial charge in [-0.2, -0.15) is 0 Å². The van der Waals surface area contributed by atoms with Gasteiger partial charge in [0.25, 0.3) is 0 Å². The molecule has 0 fully saturated rings. The second-order valence-corrected chi connectivity index (χ2v) is 2.54. The van der Waals surface area contributed by atoms with Gasteiger partial charge >= 0.3 is 5.69 Å². The molecule has 0 heterocycles. The fraction of sp³-hybridized carbons (Fsp3) is 0.222. The highest BCUT2D eigenvalue weighted by Crippen LogP contribution is 2.27.